The second-order valence-corrected chi connectivity index (χ2v) is 9.86. The Morgan fingerprint density at radius 1 is 1.37 bits per heavy atom. The first-order chi connectivity index (χ1) is 14.5. The van der Waals surface area contributed by atoms with Gasteiger partial charge >= 0.3 is 0 Å². The fourth-order valence-corrected chi connectivity index (χ4v) is 5.77. The number of ether oxygens (including phenoxy) is 1. The second kappa shape index (κ2) is 8.71. The van der Waals surface area contributed by atoms with Crippen LogP contribution in [0.1, 0.15) is 63.4 Å². The van der Waals surface area contributed by atoms with Crippen molar-refractivity contribution in [2.24, 2.45) is 5.92 Å². The Morgan fingerprint density at radius 2 is 2.17 bits per heavy atom. The number of nitrogens with one attached hydrogen (secondary N) is 1. The van der Waals surface area contributed by atoms with E-state index in [9.17, 15) is 9.59 Å². The maximum absolute atomic E-state index is 13.6. The summed E-state index contributed by atoms with van der Waals surface area (Å²) >= 11 is 1.63. The largest absolute Gasteiger partial charge is 0.382 e. The maximum atomic E-state index is 13.6. The van der Waals surface area contributed by atoms with Gasteiger partial charge in [-0.05, 0) is 56.5 Å². The second-order valence-electron chi connectivity index (χ2n) is 8.91. The summed E-state index contributed by atoms with van der Waals surface area (Å²) in [5, 5.41) is 5.36. The molecule has 0 saturated heterocycles. The van der Waals surface area contributed by atoms with Crippen LogP contribution in [0.15, 0.2) is 17.5 Å². The third-order valence-corrected chi connectivity index (χ3v) is 7.69. The SMILES string of the molecule is CCOCCCN1C(=O)c2cc3sccc3n2C[C@]1(C)C(=O)N[C@H]1CCCC[C@@H]1C. The predicted molar refractivity (Wildman–Crippen MR) is 120 cm³/mol. The number of hydrogen-bond acceptors (Lipinski definition) is 4. The quantitative estimate of drug-likeness (QED) is 0.673. The molecule has 2 aromatic heterocycles. The molecule has 30 heavy (non-hydrogen) atoms. The molecule has 0 bridgehead atoms. The van der Waals surface area contributed by atoms with Gasteiger partial charge in [-0.25, -0.2) is 0 Å². The van der Waals surface area contributed by atoms with Crippen LogP contribution < -0.4 is 5.32 Å². The van der Waals surface area contributed by atoms with Crippen molar-refractivity contribution in [2.75, 3.05) is 19.8 Å². The van der Waals surface area contributed by atoms with Gasteiger partial charge in [0.15, 0.2) is 0 Å². The average Bonchev–Trinajstić information content (AvgIpc) is 3.31. The third-order valence-electron chi connectivity index (χ3n) is 6.84. The summed E-state index contributed by atoms with van der Waals surface area (Å²) in [7, 11) is 0. The molecule has 164 valence electrons. The number of nitrogens with zero attached hydrogens (tertiary/aromatic N) is 2. The van der Waals surface area contributed by atoms with Crippen LogP contribution in [-0.4, -0.2) is 52.6 Å². The van der Waals surface area contributed by atoms with Crippen molar-refractivity contribution < 1.29 is 14.3 Å². The fraction of sp³-hybridized carbons (Fsp3) is 0.652. The van der Waals surface area contributed by atoms with Gasteiger partial charge in [-0.15, -0.1) is 11.3 Å². The monoisotopic (exact) mass is 431 g/mol. The third kappa shape index (κ3) is 3.78. The van der Waals surface area contributed by atoms with Crippen molar-refractivity contribution in [2.45, 2.75) is 71.0 Å². The number of hydrogen-bond donors (Lipinski definition) is 1. The minimum absolute atomic E-state index is 0.0336. The molecule has 1 saturated carbocycles. The van der Waals surface area contributed by atoms with Crippen LogP contribution in [0.5, 0.6) is 0 Å². The first-order valence-electron chi connectivity index (χ1n) is 11.2. The number of rotatable bonds is 7. The fourth-order valence-electron chi connectivity index (χ4n) is 4.95. The predicted octanol–water partition coefficient (Wildman–Crippen LogP) is 4.04. The molecule has 6 nitrogen and oxygen atoms in total. The van der Waals surface area contributed by atoms with Gasteiger partial charge in [0.1, 0.15) is 11.2 Å². The molecular formula is C23H33N3O3S. The lowest BCUT2D eigenvalue weighted by Gasteiger charge is -2.45. The topological polar surface area (TPSA) is 63.6 Å². The zero-order valence-electron chi connectivity index (χ0n) is 18.3. The zero-order valence-corrected chi connectivity index (χ0v) is 19.1. The van der Waals surface area contributed by atoms with Crippen LogP contribution in [0.3, 0.4) is 0 Å². The van der Waals surface area contributed by atoms with E-state index in [0.717, 1.165) is 35.9 Å². The molecule has 0 radical (unpaired) electrons. The van der Waals surface area contributed by atoms with Crippen LogP contribution in [0.4, 0.5) is 0 Å². The van der Waals surface area contributed by atoms with Gasteiger partial charge in [0.2, 0.25) is 5.91 Å². The van der Waals surface area contributed by atoms with Crippen molar-refractivity contribution in [3.05, 3.63) is 23.2 Å². The van der Waals surface area contributed by atoms with Crippen LogP contribution in [-0.2, 0) is 16.1 Å². The summed E-state index contributed by atoms with van der Waals surface area (Å²) < 4.78 is 8.62. The first-order valence-corrected chi connectivity index (χ1v) is 12.1. The standard InChI is InChI=1S/C23H33N3O3S/c1-4-29-12-7-11-26-21(27)19-14-20-18(10-13-30-20)25(19)15-23(26,3)22(28)24-17-9-6-5-8-16(17)2/h10,13-14,16-17H,4-9,11-12,15H2,1-3H3,(H,24,28)/t16-,17-,23+/m0/s1. The Hall–Kier alpha value is -1.86. The molecule has 4 rings (SSSR count). The molecule has 3 heterocycles. The number of carbonyl (C=O) groups excluding carboxylic acids is 2. The maximum Gasteiger partial charge on any atom is 0.271 e. The summed E-state index contributed by atoms with van der Waals surface area (Å²) in [6.45, 7) is 8.36. The summed E-state index contributed by atoms with van der Waals surface area (Å²) in [5.74, 6) is 0.381. The Bertz CT molecular complexity index is 920. The highest BCUT2D eigenvalue weighted by atomic mass is 32.1. The highest BCUT2D eigenvalue weighted by molar-refractivity contribution is 7.17. The van der Waals surface area contributed by atoms with Crippen molar-refractivity contribution in [1.29, 1.82) is 0 Å². The molecule has 1 fully saturated rings. The van der Waals surface area contributed by atoms with E-state index >= 15 is 0 Å². The average molecular weight is 432 g/mol. The summed E-state index contributed by atoms with van der Waals surface area (Å²) in [6.07, 6.45) is 5.27. The van der Waals surface area contributed by atoms with E-state index in [-0.39, 0.29) is 17.9 Å². The van der Waals surface area contributed by atoms with Crippen LogP contribution >= 0.6 is 11.3 Å². The van der Waals surface area contributed by atoms with E-state index in [1.54, 1.807) is 16.2 Å². The van der Waals surface area contributed by atoms with E-state index in [2.05, 4.69) is 12.2 Å². The van der Waals surface area contributed by atoms with E-state index in [1.165, 1.54) is 6.42 Å². The molecule has 0 aromatic carbocycles. The molecule has 7 heteroatoms. The smallest absolute Gasteiger partial charge is 0.271 e. The summed E-state index contributed by atoms with van der Waals surface area (Å²) in [4.78, 5) is 28.9. The van der Waals surface area contributed by atoms with Gasteiger partial charge in [-0.3, -0.25) is 9.59 Å². The summed E-state index contributed by atoms with van der Waals surface area (Å²) in [5.41, 5.74) is 0.813. The molecule has 1 N–H and O–H groups in total. The first kappa shape index (κ1) is 21.4. The van der Waals surface area contributed by atoms with Crippen LogP contribution in [0, 0.1) is 5.92 Å². The number of thiophene rings is 1. The molecular weight excluding hydrogens is 398 g/mol. The number of carbonyl (C=O) groups is 2. The minimum atomic E-state index is -0.915. The van der Waals surface area contributed by atoms with E-state index in [1.807, 2.05) is 35.9 Å². The van der Waals surface area contributed by atoms with Gasteiger partial charge in [0, 0.05) is 25.8 Å². The Balaban J connectivity index is 1.63. The molecule has 0 unspecified atom stereocenters. The lowest BCUT2D eigenvalue weighted by molar-refractivity contribution is -0.134. The molecule has 2 aliphatic rings. The molecule has 2 aromatic rings. The Kier molecular flexibility index (Phi) is 6.21. The lowest BCUT2D eigenvalue weighted by Crippen LogP contribution is -2.65. The van der Waals surface area contributed by atoms with E-state index in [0.29, 0.717) is 37.9 Å². The van der Waals surface area contributed by atoms with Gasteiger partial charge in [0.25, 0.3) is 5.91 Å². The van der Waals surface area contributed by atoms with Crippen LogP contribution in [0.2, 0.25) is 0 Å². The van der Waals surface area contributed by atoms with Crippen molar-refractivity contribution in [1.82, 2.24) is 14.8 Å². The molecule has 1 aliphatic heterocycles. The molecule has 2 amide bonds. The number of aromatic nitrogens is 1. The van der Waals surface area contributed by atoms with Gasteiger partial charge in [-0.1, -0.05) is 19.8 Å². The van der Waals surface area contributed by atoms with Crippen LogP contribution in [0.25, 0.3) is 10.2 Å². The zero-order chi connectivity index (χ0) is 21.3. The van der Waals surface area contributed by atoms with Gasteiger partial charge in [-0.2, -0.15) is 0 Å². The molecule has 0 spiro atoms. The van der Waals surface area contributed by atoms with E-state index < -0.39 is 5.54 Å². The van der Waals surface area contributed by atoms with E-state index in [4.69, 9.17) is 4.74 Å². The Labute approximate surface area is 182 Å². The van der Waals surface area contributed by atoms with Crippen molar-refractivity contribution in [3.63, 3.8) is 0 Å². The number of amides is 2. The normalized spacial score (nSPS) is 26.8. The minimum Gasteiger partial charge on any atom is -0.382 e. The highest BCUT2D eigenvalue weighted by Gasteiger charge is 2.48. The Morgan fingerprint density at radius 3 is 2.93 bits per heavy atom. The molecule has 1 aliphatic carbocycles. The number of fused-ring (bicyclic) bond motifs is 3. The lowest BCUT2D eigenvalue weighted by atomic mass is 9.85. The van der Waals surface area contributed by atoms with Crippen molar-refractivity contribution >= 4 is 33.4 Å². The summed E-state index contributed by atoms with van der Waals surface area (Å²) in [6, 6.07) is 4.21. The van der Waals surface area contributed by atoms with Gasteiger partial charge in [0.05, 0.1) is 16.8 Å². The van der Waals surface area contributed by atoms with Crippen molar-refractivity contribution in [3.8, 4) is 0 Å². The highest BCUT2D eigenvalue weighted by Crippen LogP contribution is 2.35. The molecule has 3 atom stereocenters. The van der Waals surface area contributed by atoms with Gasteiger partial charge < -0.3 is 19.5 Å².